The first-order valence-electron chi connectivity index (χ1n) is 12.6. The highest BCUT2D eigenvalue weighted by molar-refractivity contribution is 5.31. The number of hydrogen-bond acceptors (Lipinski definition) is 0. The van der Waals surface area contributed by atoms with Crippen LogP contribution in [0.5, 0.6) is 0 Å². The van der Waals surface area contributed by atoms with Crippen molar-refractivity contribution in [2.24, 2.45) is 11.8 Å². The number of benzene rings is 2. The predicted molar refractivity (Wildman–Crippen MR) is 138 cm³/mol. The highest BCUT2D eigenvalue weighted by atomic mass is 14.2. The molecule has 1 atom stereocenters. The van der Waals surface area contributed by atoms with Crippen LogP contribution >= 0.6 is 0 Å². The summed E-state index contributed by atoms with van der Waals surface area (Å²) in [6.07, 6.45) is 11.0. The molecule has 1 aliphatic carbocycles. The Hall–Kier alpha value is -1.56. The van der Waals surface area contributed by atoms with E-state index in [4.69, 9.17) is 0 Å². The molecular formula is C30H50. The molecule has 0 saturated carbocycles. The van der Waals surface area contributed by atoms with Gasteiger partial charge in [0.25, 0.3) is 0 Å². The third-order valence-corrected chi connectivity index (χ3v) is 5.76. The first kappa shape index (κ1) is 28.4. The monoisotopic (exact) mass is 410 g/mol. The smallest absolute Gasteiger partial charge is 0.0247 e. The Morgan fingerprint density at radius 1 is 0.733 bits per heavy atom. The molecule has 0 heterocycles. The Balaban J connectivity index is 0.000000406. The Bertz CT molecular complexity index is 594. The van der Waals surface area contributed by atoms with Gasteiger partial charge in [-0.3, -0.25) is 0 Å². The second-order valence-electron chi connectivity index (χ2n) is 8.76. The normalized spacial score (nSPS) is 12.9. The molecule has 1 unspecified atom stereocenters. The Kier molecular flexibility index (Phi) is 17.3. The van der Waals surface area contributed by atoms with Crippen LogP contribution in [-0.4, -0.2) is 0 Å². The number of fused-ring (bicyclic) bond motifs is 1. The average Bonchev–Trinajstić information content (AvgIpc) is 3.13. The van der Waals surface area contributed by atoms with Gasteiger partial charge in [0.05, 0.1) is 0 Å². The van der Waals surface area contributed by atoms with Crippen LogP contribution in [0.3, 0.4) is 0 Å². The van der Waals surface area contributed by atoms with Gasteiger partial charge in [0.15, 0.2) is 0 Å². The third kappa shape index (κ3) is 12.9. The molecule has 0 aromatic heterocycles. The number of unbranched alkanes of at least 4 members (excludes halogenated alkanes) is 2. The van der Waals surface area contributed by atoms with E-state index in [0.29, 0.717) is 0 Å². The third-order valence-electron chi connectivity index (χ3n) is 5.76. The summed E-state index contributed by atoms with van der Waals surface area (Å²) in [5, 5.41) is 0. The molecule has 0 fully saturated rings. The molecule has 0 saturated heterocycles. The van der Waals surface area contributed by atoms with Crippen LogP contribution in [0.1, 0.15) is 102 Å². The van der Waals surface area contributed by atoms with Gasteiger partial charge in [-0.05, 0) is 60.8 Å². The van der Waals surface area contributed by atoms with Gasteiger partial charge in [-0.2, -0.15) is 0 Å². The molecule has 0 N–H and O–H groups in total. The molecule has 1 aliphatic rings. The van der Waals surface area contributed by atoms with Gasteiger partial charge >= 0.3 is 0 Å². The van der Waals surface area contributed by atoms with Gasteiger partial charge in [0, 0.05) is 0 Å². The van der Waals surface area contributed by atoms with Crippen LogP contribution in [0, 0.1) is 25.7 Å². The minimum Gasteiger partial charge on any atom is -0.0683 e. The fourth-order valence-corrected chi connectivity index (χ4v) is 3.82. The van der Waals surface area contributed by atoms with Crippen molar-refractivity contribution in [1.82, 2.24) is 0 Å². The maximum Gasteiger partial charge on any atom is -0.0247 e. The average molecular weight is 411 g/mol. The Morgan fingerprint density at radius 2 is 1.20 bits per heavy atom. The molecule has 0 heteroatoms. The molecule has 0 spiro atoms. The molecule has 0 radical (unpaired) electrons. The summed E-state index contributed by atoms with van der Waals surface area (Å²) in [5.41, 5.74) is 5.87. The van der Waals surface area contributed by atoms with Crippen LogP contribution in [0.2, 0.25) is 0 Å². The first-order valence-corrected chi connectivity index (χ1v) is 12.6. The van der Waals surface area contributed by atoms with Crippen molar-refractivity contribution < 1.29 is 0 Å². The second kappa shape index (κ2) is 18.2. The number of aryl methyl sites for hydroxylation is 2. The summed E-state index contributed by atoms with van der Waals surface area (Å²) < 4.78 is 0. The van der Waals surface area contributed by atoms with Crippen molar-refractivity contribution in [1.29, 1.82) is 0 Å². The topological polar surface area (TPSA) is 0 Å². The zero-order valence-corrected chi connectivity index (χ0v) is 21.4. The predicted octanol–water partition coefficient (Wildman–Crippen LogP) is 9.75. The van der Waals surface area contributed by atoms with Crippen LogP contribution in [-0.2, 0) is 12.8 Å². The number of hydrogen-bond donors (Lipinski definition) is 0. The standard InChI is InChI=1S/C10H12.C10H22.C8H10.C2H6/c1-8-6-9-4-2-3-5-10(9)7-8;1-4-6-7-9-10(3)8-5-2;1-7-5-3-4-6-8(7)2;1-2/h2-5,8H,6-7H2,1H3;10H,4-9H2,1-3H3;3-6H,1-2H3;1-2H3. The number of rotatable bonds is 6. The van der Waals surface area contributed by atoms with Crippen LogP contribution in [0.15, 0.2) is 48.5 Å². The summed E-state index contributed by atoms with van der Waals surface area (Å²) in [4.78, 5) is 0. The molecule has 2 aromatic rings. The summed E-state index contributed by atoms with van der Waals surface area (Å²) >= 11 is 0. The SMILES string of the molecule is CC.CC1Cc2ccccc2C1.CCCCCC(C)CCC.Cc1ccccc1C. The first-order chi connectivity index (χ1) is 14.5. The van der Waals surface area contributed by atoms with Crippen molar-refractivity contribution in [3.8, 4) is 0 Å². The molecule has 2 aromatic carbocycles. The van der Waals surface area contributed by atoms with Gasteiger partial charge in [0.1, 0.15) is 0 Å². The fraction of sp³-hybridized carbons (Fsp3) is 0.600. The van der Waals surface area contributed by atoms with Crippen LogP contribution in [0.4, 0.5) is 0 Å². The van der Waals surface area contributed by atoms with E-state index in [1.807, 2.05) is 13.8 Å². The second-order valence-corrected chi connectivity index (χ2v) is 8.76. The highest BCUT2D eigenvalue weighted by Gasteiger charge is 2.15. The van der Waals surface area contributed by atoms with E-state index in [0.717, 1.165) is 11.8 Å². The molecule has 0 aliphatic heterocycles. The van der Waals surface area contributed by atoms with Gasteiger partial charge < -0.3 is 0 Å². The summed E-state index contributed by atoms with van der Waals surface area (Å²) in [6.45, 7) is 17.5. The lowest BCUT2D eigenvalue weighted by Gasteiger charge is -2.07. The van der Waals surface area contributed by atoms with Crippen molar-refractivity contribution in [3.63, 3.8) is 0 Å². The van der Waals surface area contributed by atoms with Crippen molar-refractivity contribution in [3.05, 3.63) is 70.8 Å². The van der Waals surface area contributed by atoms with Crippen molar-refractivity contribution in [2.75, 3.05) is 0 Å². The van der Waals surface area contributed by atoms with E-state index >= 15 is 0 Å². The van der Waals surface area contributed by atoms with Gasteiger partial charge in [-0.25, -0.2) is 0 Å². The van der Waals surface area contributed by atoms with Crippen LogP contribution < -0.4 is 0 Å². The summed E-state index contributed by atoms with van der Waals surface area (Å²) in [6, 6.07) is 17.1. The minimum absolute atomic E-state index is 0.873. The summed E-state index contributed by atoms with van der Waals surface area (Å²) in [7, 11) is 0. The van der Waals surface area contributed by atoms with E-state index in [1.165, 1.54) is 62.5 Å². The van der Waals surface area contributed by atoms with E-state index < -0.39 is 0 Å². The van der Waals surface area contributed by atoms with E-state index in [9.17, 15) is 0 Å². The van der Waals surface area contributed by atoms with E-state index in [-0.39, 0.29) is 0 Å². The van der Waals surface area contributed by atoms with Crippen molar-refractivity contribution >= 4 is 0 Å². The van der Waals surface area contributed by atoms with Crippen molar-refractivity contribution in [2.45, 2.75) is 107 Å². The lowest BCUT2D eigenvalue weighted by molar-refractivity contribution is 0.459. The zero-order valence-electron chi connectivity index (χ0n) is 21.4. The lowest BCUT2D eigenvalue weighted by atomic mass is 9.99. The Morgan fingerprint density at radius 3 is 1.60 bits per heavy atom. The van der Waals surface area contributed by atoms with Gasteiger partial charge in [-0.1, -0.05) is 129 Å². The lowest BCUT2D eigenvalue weighted by Crippen LogP contribution is -1.92. The molecule has 0 nitrogen and oxygen atoms in total. The van der Waals surface area contributed by atoms with Gasteiger partial charge in [0.2, 0.25) is 0 Å². The minimum atomic E-state index is 0.873. The maximum atomic E-state index is 2.37. The van der Waals surface area contributed by atoms with Crippen LogP contribution in [0.25, 0.3) is 0 Å². The van der Waals surface area contributed by atoms with Gasteiger partial charge in [-0.15, -0.1) is 0 Å². The Labute approximate surface area is 189 Å². The molecule has 170 valence electrons. The largest absolute Gasteiger partial charge is 0.0683 e. The van der Waals surface area contributed by atoms with E-state index in [2.05, 4.69) is 90.1 Å². The highest BCUT2D eigenvalue weighted by Crippen LogP contribution is 2.25. The zero-order chi connectivity index (χ0) is 22.8. The van der Waals surface area contributed by atoms with E-state index in [1.54, 1.807) is 11.1 Å². The summed E-state index contributed by atoms with van der Waals surface area (Å²) in [5.74, 6) is 1.84. The molecule has 30 heavy (non-hydrogen) atoms. The maximum absolute atomic E-state index is 2.37. The molecule has 0 bridgehead atoms. The molecule has 0 amide bonds. The molecule has 3 rings (SSSR count). The molecular weight excluding hydrogens is 360 g/mol. The fourth-order valence-electron chi connectivity index (χ4n) is 3.82. The quantitative estimate of drug-likeness (QED) is 0.416.